The molecule has 0 aromatic heterocycles. The number of hydrogen-bond donors (Lipinski definition) is 2. The van der Waals surface area contributed by atoms with Gasteiger partial charge in [-0.3, -0.25) is 4.79 Å². The molecule has 1 amide bonds. The van der Waals surface area contributed by atoms with Crippen molar-refractivity contribution in [3.05, 3.63) is 23.2 Å². The molecule has 9 heteroatoms. The van der Waals surface area contributed by atoms with E-state index >= 15 is 0 Å². The largest absolute Gasteiger partial charge is 0.383 e. The predicted molar refractivity (Wildman–Crippen MR) is 90.0 cm³/mol. The highest BCUT2D eigenvalue weighted by Crippen LogP contribution is 2.27. The molecule has 0 saturated heterocycles. The Morgan fingerprint density at radius 1 is 1.39 bits per heavy atom. The highest BCUT2D eigenvalue weighted by molar-refractivity contribution is 7.89. The number of halogens is 1. The number of methoxy groups -OCH3 is 1. The normalized spacial score (nSPS) is 13.1. The summed E-state index contributed by atoms with van der Waals surface area (Å²) in [6.45, 7) is 4.19. The highest BCUT2D eigenvalue weighted by atomic mass is 35.5. The molecule has 3 N–H and O–H groups in total. The lowest BCUT2D eigenvalue weighted by molar-refractivity contribution is -0.118. The number of carbonyl (C=O) groups is 1. The van der Waals surface area contributed by atoms with Gasteiger partial charge in [-0.1, -0.05) is 25.4 Å². The van der Waals surface area contributed by atoms with Gasteiger partial charge in [0.05, 0.1) is 11.6 Å². The molecule has 0 aliphatic rings. The molecule has 1 rings (SSSR count). The van der Waals surface area contributed by atoms with E-state index in [9.17, 15) is 13.2 Å². The van der Waals surface area contributed by atoms with E-state index in [-0.39, 0.29) is 16.5 Å². The van der Waals surface area contributed by atoms with Crippen molar-refractivity contribution in [1.82, 2.24) is 4.31 Å². The third-order valence-corrected chi connectivity index (χ3v) is 5.74. The second kappa shape index (κ2) is 8.60. The Hall–Kier alpha value is -1.19. The number of nitrogens with two attached hydrogens (primary N) is 1. The standard InChI is InChI=1S/C14H22ClN3O4S/c1-4-18(5-2)23(20,21)13-8-10(6-7-11(13)15)17-14(19)12(16)9-22-3/h6-8,12H,4-5,9,16H2,1-3H3,(H,17,19). The van der Waals surface area contributed by atoms with Gasteiger partial charge in [0, 0.05) is 25.9 Å². The molecule has 0 aliphatic carbocycles. The topological polar surface area (TPSA) is 102 Å². The van der Waals surface area contributed by atoms with Crippen molar-refractivity contribution in [2.45, 2.75) is 24.8 Å². The van der Waals surface area contributed by atoms with Gasteiger partial charge in [0.1, 0.15) is 10.9 Å². The van der Waals surface area contributed by atoms with E-state index in [0.717, 1.165) is 0 Å². The molecule has 1 aromatic carbocycles. The summed E-state index contributed by atoms with van der Waals surface area (Å²) in [6, 6.07) is 3.42. The van der Waals surface area contributed by atoms with Gasteiger partial charge in [-0.05, 0) is 18.2 Å². The van der Waals surface area contributed by atoms with Crippen LogP contribution in [-0.2, 0) is 19.6 Å². The quantitative estimate of drug-likeness (QED) is 0.724. The molecule has 7 nitrogen and oxygen atoms in total. The molecule has 0 spiro atoms. The van der Waals surface area contributed by atoms with Crippen LogP contribution in [0.5, 0.6) is 0 Å². The van der Waals surface area contributed by atoms with E-state index in [4.69, 9.17) is 22.1 Å². The summed E-state index contributed by atoms with van der Waals surface area (Å²) in [5, 5.41) is 2.65. The maximum absolute atomic E-state index is 12.6. The number of rotatable bonds is 8. The minimum absolute atomic E-state index is 0.0546. The van der Waals surface area contributed by atoms with Crippen LogP contribution in [0.4, 0.5) is 5.69 Å². The number of ether oxygens (including phenoxy) is 1. The smallest absolute Gasteiger partial charge is 0.244 e. The number of benzene rings is 1. The summed E-state index contributed by atoms with van der Waals surface area (Å²) in [6.07, 6.45) is 0. The maximum Gasteiger partial charge on any atom is 0.244 e. The van der Waals surface area contributed by atoms with Gasteiger partial charge in [0.25, 0.3) is 0 Å². The van der Waals surface area contributed by atoms with E-state index in [2.05, 4.69) is 5.32 Å². The third-order valence-electron chi connectivity index (χ3n) is 3.20. The van der Waals surface area contributed by atoms with Crippen LogP contribution in [0, 0.1) is 0 Å². The molecule has 1 atom stereocenters. The first-order valence-electron chi connectivity index (χ1n) is 7.13. The first kappa shape index (κ1) is 19.9. The molecular weight excluding hydrogens is 342 g/mol. The number of nitrogens with zero attached hydrogens (tertiary/aromatic N) is 1. The molecule has 1 aromatic rings. The summed E-state index contributed by atoms with van der Waals surface area (Å²) in [4.78, 5) is 11.8. The molecule has 0 radical (unpaired) electrons. The van der Waals surface area contributed by atoms with E-state index in [1.54, 1.807) is 13.8 Å². The van der Waals surface area contributed by atoms with Gasteiger partial charge >= 0.3 is 0 Å². The zero-order valence-electron chi connectivity index (χ0n) is 13.4. The highest BCUT2D eigenvalue weighted by Gasteiger charge is 2.25. The minimum atomic E-state index is -3.73. The van der Waals surface area contributed by atoms with Crippen LogP contribution in [0.3, 0.4) is 0 Å². The van der Waals surface area contributed by atoms with Crippen molar-refractivity contribution in [2.24, 2.45) is 5.73 Å². The number of sulfonamides is 1. The summed E-state index contributed by atoms with van der Waals surface area (Å²) < 4.78 is 31.2. The second-order valence-corrected chi connectivity index (χ2v) is 7.10. The van der Waals surface area contributed by atoms with Gasteiger partial charge in [-0.25, -0.2) is 8.42 Å². The van der Waals surface area contributed by atoms with Crippen LogP contribution >= 0.6 is 11.6 Å². The van der Waals surface area contributed by atoms with Crippen LogP contribution in [0.25, 0.3) is 0 Å². The van der Waals surface area contributed by atoms with E-state index in [1.165, 1.54) is 29.6 Å². The number of amides is 1. The Balaban J connectivity index is 3.11. The maximum atomic E-state index is 12.6. The van der Waals surface area contributed by atoms with Crippen molar-refractivity contribution in [1.29, 1.82) is 0 Å². The van der Waals surface area contributed by atoms with Gasteiger partial charge < -0.3 is 15.8 Å². The zero-order valence-corrected chi connectivity index (χ0v) is 14.9. The van der Waals surface area contributed by atoms with Crippen LogP contribution in [0.15, 0.2) is 23.1 Å². The van der Waals surface area contributed by atoms with Crippen LogP contribution in [-0.4, -0.2) is 51.5 Å². The van der Waals surface area contributed by atoms with Crippen molar-refractivity contribution >= 4 is 33.2 Å². The number of anilines is 1. The molecule has 0 fully saturated rings. The first-order valence-corrected chi connectivity index (χ1v) is 8.94. The Morgan fingerprint density at radius 2 is 2.00 bits per heavy atom. The third kappa shape index (κ3) is 4.89. The first-order chi connectivity index (χ1) is 10.8. The van der Waals surface area contributed by atoms with E-state index in [1.807, 2.05) is 0 Å². The Kier molecular flexibility index (Phi) is 7.43. The summed E-state index contributed by atoms with van der Waals surface area (Å²) in [5.74, 6) is -0.472. The van der Waals surface area contributed by atoms with Gasteiger partial charge in [-0.2, -0.15) is 4.31 Å². The number of nitrogens with one attached hydrogen (secondary N) is 1. The van der Waals surface area contributed by atoms with Gasteiger partial charge in [-0.15, -0.1) is 0 Å². The summed E-state index contributed by atoms with van der Waals surface area (Å²) in [5.41, 5.74) is 5.93. The van der Waals surface area contributed by atoms with E-state index in [0.29, 0.717) is 18.8 Å². The van der Waals surface area contributed by atoms with Crippen molar-refractivity contribution in [2.75, 3.05) is 32.1 Å². The molecule has 1 unspecified atom stereocenters. The number of hydrogen-bond acceptors (Lipinski definition) is 5. The molecule has 0 heterocycles. The monoisotopic (exact) mass is 363 g/mol. The predicted octanol–water partition coefficient (Wildman–Crippen LogP) is 1.28. The lowest BCUT2D eigenvalue weighted by Gasteiger charge is -2.20. The van der Waals surface area contributed by atoms with Crippen molar-refractivity contribution in [3.63, 3.8) is 0 Å². The lowest BCUT2D eigenvalue weighted by atomic mass is 10.2. The fourth-order valence-corrected chi connectivity index (χ4v) is 3.93. The average Bonchev–Trinajstić information content (AvgIpc) is 2.50. The average molecular weight is 364 g/mol. The fraction of sp³-hybridized carbons (Fsp3) is 0.500. The van der Waals surface area contributed by atoms with E-state index < -0.39 is 22.0 Å². The fourth-order valence-electron chi connectivity index (χ4n) is 1.97. The summed E-state index contributed by atoms with van der Waals surface area (Å²) in [7, 11) is -2.29. The molecule has 0 aliphatic heterocycles. The zero-order chi connectivity index (χ0) is 17.6. The molecule has 0 saturated carbocycles. The number of carbonyl (C=O) groups excluding carboxylic acids is 1. The lowest BCUT2D eigenvalue weighted by Crippen LogP contribution is -2.39. The van der Waals surface area contributed by atoms with Gasteiger partial charge in [0.2, 0.25) is 15.9 Å². The molecule has 130 valence electrons. The van der Waals surface area contributed by atoms with Crippen LogP contribution < -0.4 is 11.1 Å². The summed E-state index contributed by atoms with van der Waals surface area (Å²) >= 11 is 6.02. The van der Waals surface area contributed by atoms with Crippen LogP contribution in [0.2, 0.25) is 5.02 Å². The molecule has 23 heavy (non-hydrogen) atoms. The molecular formula is C14H22ClN3O4S. The van der Waals surface area contributed by atoms with Crippen LogP contribution in [0.1, 0.15) is 13.8 Å². The minimum Gasteiger partial charge on any atom is -0.383 e. The van der Waals surface area contributed by atoms with Crippen molar-refractivity contribution < 1.29 is 17.9 Å². The van der Waals surface area contributed by atoms with Crippen molar-refractivity contribution in [3.8, 4) is 0 Å². The Bertz CT molecular complexity index is 647. The second-order valence-electron chi connectivity index (χ2n) is 4.79. The molecule has 0 bridgehead atoms. The Morgan fingerprint density at radius 3 is 2.52 bits per heavy atom. The SMILES string of the molecule is CCN(CC)S(=O)(=O)c1cc(NC(=O)C(N)COC)ccc1Cl. The van der Waals surface area contributed by atoms with Gasteiger partial charge in [0.15, 0.2) is 0 Å². The Labute approximate surface area is 141 Å².